The first-order valence-electron chi connectivity index (χ1n) is 6.79. The maximum absolute atomic E-state index is 13.8. The average Bonchev–Trinajstić information content (AvgIpc) is 3.06. The van der Waals surface area contributed by atoms with E-state index < -0.39 is 5.82 Å². The largest absolute Gasteiger partial charge is 0.345 e. The summed E-state index contributed by atoms with van der Waals surface area (Å²) in [5.74, 6) is -0.612. The van der Waals surface area contributed by atoms with E-state index in [1.54, 1.807) is 28.5 Å². The number of aromatic nitrogens is 1. The van der Waals surface area contributed by atoms with Crippen molar-refractivity contribution in [3.05, 3.63) is 40.6 Å². The summed E-state index contributed by atoms with van der Waals surface area (Å²) < 4.78 is 13.8. The summed E-state index contributed by atoms with van der Waals surface area (Å²) in [5, 5.41) is 5.44. The molecule has 1 saturated heterocycles. The van der Waals surface area contributed by atoms with Gasteiger partial charge in [0, 0.05) is 37.8 Å². The summed E-state index contributed by atoms with van der Waals surface area (Å²) in [4.78, 5) is 20.2. The van der Waals surface area contributed by atoms with E-state index in [0.29, 0.717) is 26.2 Å². The van der Waals surface area contributed by atoms with Crippen LogP contribution >= 0.6 is 22.9 Å². The number of carbonyl (C=O) groups excluding carboxylic acids is 1. The molecule has 0 bridgehead atoms. The third-order valence-corrected chi connectivity index (χ3v) is 4.57. The minimum atomic E-state index is -0.612. The highest BCUT2D eigenvalue weighted by atomic mass is 35.5. The van der Waals surface area contributed by atoms with E-state index in [4.69, 9.17) is 11.6 Å². The third-order valence-electron chi connectivity index (χ3n) is 3.45. The Morgan fingerprint density at radius 2 is 2.09 bits per heavy atom. The molecule has 1 aliphatic heterocycles. The van der Waals surface area contributed by atoms with Crippen LogP contribution in [0.1, 0.15) is 0 Å². The van der Waals surface area contributed by atoms with Crippen LogP contribution in [0.4, 0.5) is 20.0 Å². The molecule has 22 heavy (non-hydrogen) atoms. The standard InChI is InChI=1S/C14H14ClFN4OS/c15-10-2-1-3-11(12(10)16)18-13(21)19-5-7-20(8-6-19)14-17-4-9-22-14/h1-4,9H,5-8H2,(H,18,21). The van der Waals surface area contributed by atoms with Gasteiger partial charge in [0.25, 0.3) is 0 Å². The average molecular weight is 341 g/mol. The molecule has 0 unspecified atom stereocenters. The molecule has 2 amide bonds. The topological polar surface area (TPSA) is 48.5 Å². The van der Waals surface area contributed by atoms with E-state index in [-0.39, 0.29) is 16.7 Å². The van der Waals surface area contributed by atoms with Crippen LogP contribution in [0.5, 0.6) is 0 Å². The van der Waals surface area contributed by atoms with Crippen molar-refractivity contribution in [2.45, 2.75) is 0 Å². The highest BCUT2D eigenvalue weighted by Gasteiger charge is 2.23. The van der Waals surface area contributed by atoms with Crippen molar-refractivity contribution < 1.29 is 9.18 Å². The number of carbonyl (C=O) groups is 1. The van der Waals surface area contributed by atoms with E-state index in [1.165, 1.54) is 12.1 Å². The van der Waals surface area contributed by atoms with Gasteiger partial charge in [0.05, 0.1) is 10.7 Å². The van der Waals surface area contributed by atoms with Crippen molar-refractivity contribution >= 4 is 39.8 Å². The maximum Gasteiger partial charge on any atom is 0.322 e. The lowest BCUT2D eigenvalue weighted by Gasteiger charge is -2.34. The van der Waals surface area contributed by atoms with Crippen LogP contribution in [0.2, 0.25) is 5.02 Å². The molecule has 0 saturated carbocycles. The van der Waals surface area contributed by atoms with Crippen LogP contribution in [0.25, 0.3) is 0 Å². The van der Waals surface area contributed by atoms with Crippen molar-refractivity contribution in [2.24, 2.45) is 0 Å². The molecular formula is C14H14ClFN4OS. The number of anilines is 2. The lowest BCUT2D eigenvalue weighted by molar-refractivity contribution is 0.208. The fraction of sp³-hybridized carbons (Fsp3) is 0.286. The molecule has 1 aliphatic rings. The molecular weight excluding hydrogens is 327 g/mol. The SMILES string of the molecule is O=C(Nc1cccc(Cl)c1F)N1CCN(c2nccs2)CC1. The lowest BCUT2D eigenvalue weighted by atomic mass is 10.3. The smallest absolute Gasteiger partial charge is 0.322 e. The quantitative estimate of drug-likeness (QED) is 0.912. The number of hydrogen-bond donors (Lipinski definition) is 1. The van der Waals surface area contributed by atoms with Gasteiger partial charge >= 0.3 is 6.03 Å². The first-order valence-corrected chi connectivity index (χ1v) is 8.05. The number of hydrogen-bond acceptors (Lipinski definition) is 4. The zero-order chi connectivity index (χ0) is 15.5. The fourth-order valence-corrected chi connectivity index (χ4v) is 3.14. The number of piperazine rings is 1. The van der Waals surface area contributed by atoms with Gasteiger partial charge in [0.1, 0.15) is 0 Å². The molecule has 0 atom stereocenters. The molecule has 0 radical (unpaired) electrons. The molecule has 2 aromatic rings. The van der Waals surface area contributed by atoms with Crippen molar-refractivity contribution in [1.29, 1.82) is 0 Å². The van der Waals surface area contributed by atoms with Crippen LogP contribution < -0.4 is 10.2 Å². The summed E-state index contributed by atoms with van der Waals surface area (Å²) in [5.41, 5.74) is 0.0971. The Balaban J connectivity index is 1.59. The second kappa shape index (κ2) is 6.50. The molecule has 1 aromatic carbocycles. The van der Waals surface area contributed by atoms with Gasteiger partial charge in [0.15, 0.2) is 10.9 Å². The number of urea groups is 1. The Morgan fingerprint density at radius 3 is 2.77 bits per heavy atom. The van der Waals surface area contributed by atoms with Crippen LogP contribution in [-0.4, -0.2) is 42.1 Å². The van der Waals surface area contributed by atoms with Crippen LogP contribution in [0.3, 0.4) is 0 Å². The van der Waals surface area contributed by atoms with Gasteiger partial charge in [-0.3, -0.25) is 0 Å². The van der Waals surface area contributed by atoms with Crippen LogP contribution in [0, 0.1) is 5.82 Å². The van der Waals surface area contributed by atoms with Gasteiger partial charge in [0.2, 0.25) is 0 Å². The minimum Gasteiger partial charge on any atom is -0.345 e. The highest BCUT2D eigenvalue weighted by Crippen LogP contribution is 2.23. The molecule has 8 heteroatoms. The lowest BCUT2D eigenvalue weighted by Crippen LogP contribution is -2.50. The Kier molecular flexibility index (Phi) is 4.44. The summed E-state index contributed by atoms with van der Waals surface area (Å²) in [6.07, 6.45) is 1.76. The fourth-order valence-electron chi connectivity index (χ4n) is 2.27. The summed E-state index contributed by atoms with van der Waals surface area (Å²) in [6.45, 7) is 2.54. The van der Waals surface area contributed by atoms with Crippen molar-refractivity contribution in [3.63, 3.8) is 0 Å². The normalized spacial score (nSPS) is 15.0. The molecule has 116 valence electrons. The number of amides is 2. The van der Waals surface area contributed by atoms with E-state index in [1.807, 2.05) is 5.38 Å². The molecule has 0 spiro atoms. The van der Waals surface area contributed by atoms with Crippen molar-refractivity contribution in [3.8, 4) is 0 Å². The Hall–Kier alpha value is -1.86. The number of halogens is 2. The maximum atomic E-state index is 13.8. The number of thiazole rings is 1. The highest BCUT2D eigenvalue weighted by molar-refractivity contribution is 7.13. The second-order valence-corrected chi connectivity index (χ2v) is 6.10. The Morgan fingerprint density at radius 1 is 1.32 bits per heavy atom. The molecule has 1 fully saturated rings. The van der Waals surface area contributed by atoms with E-state index in [2.05, 4.69) is 15.2 Å². The predicted molar refractivity (Wildman–Crippen MR) is 86.3 cm³/mol. The Labute approximate surface area is 136 Å². The molecule has 0 aliphatic carbocycles. The molecule has 5 nitrogen and oxygen atoms in total. The van der Waals surface area contributed by atoms with Gasteiger partial charge in [-0.15, -0.1) is 11.3 Å². The first kappa shape index (κ1) is 15.1. The van der Waals surface area contributed by atoms with Gasteiger partial charge in [-0.25, -0.2) is 14.2 Å². The van der Waals surface area contributed by atoms with Gasteiger partial charge in [-0.05, 0) is 12.1 Å². The molecule has 2 heterocycles. The Bertz CT molecular complexity index is 659. The summed E-state index contributed by atoms with van der Waals surface area (Å²) >= 11 is 7.28. The zero-order valence-electron chi connectivity index (χ0n) is 11.6. The number of nitrogens with zero attached hydrogens (tertiary/aromatic N) is 3. The van der Waals surface area contributed by atoms with E-state index in [0.717, 1.165) is 5.13 Å². The number of benzene rings is 1. The van der Waals surface area contributed by atoms with Crippen LogP contribution in [-0.2, 0) is 0 Å². The van der Waals surface area contributed by atoms with Gasteiger partial charge in [-0.1, -0.05) is 17.7 Å². The molecule has 1 aromatic heterocycles. The monoisotopic (exact) mass is 340 g/mol. The van der Waals surface area contributed by atoms with E-state index >= 15 is 0 Å². The van der Waals surface area contributed by atoms with Crippen LogP contribution in [0.15, 0.2) is 29.8 Å². The molecule has 1 N–H and O–H groups in total. The molecule has 3 rings (SSSR count). The number of nitrogens with one attached hydrogen (secondary N) is 1. The van der Waals surface area contributed by atoms with Gasteiger partial charge in [-0.2, -0.15) is 0 Å². The second-order valence-electron chi connectivity index (χ2n) is 4.82. The predicted octanol–water partition coefficient (Wildman–Crippen LogP) is 3.29. The van der Waals surface area contributed by atoms with E-state index in [9.17, 15) is 9.18 Å². The van der Waals surface area contributed by atoms with Gasteiger partial charge < -0.3 is 15.1 Å². The third kappa shape index (κ3) is 3.15. The van der Waals surface area contributed by atoms with Crippen molar-refractivity contribution in [1.82, 2.24) is 9.88 Å². The number of rotatable bonds is 2. The first-order chi connectivity index (χ1) is 10.6. The summed E-state index contributed by atoms with van der Waals surface area (Å²) in [6, 6.07) is 4.21. The minimum absolute atomic E-state index is 0.00797. The summed E-state index contributed by atoms with van der Waals surface area (Å²) in [7, 11) is 0. The van der Waals surface area contributed by atoms with Crippen molar-refractivity contribution in [2.75, 3.05) is 36.4 Å². The zero-order valence-corrected chi connectivity index (χ0v) is 13.2.